The number of aryl methyl sites for hydroxylation is 1. The topological polar surface area (TPSA) is 0 Å². The van der Waals surface area contributed by atoms with Gasteiger partial charge in [-0.1, -0.05) is 55.3 Å². The molecule has 0 heterocycles. The van der Waals surface area contributed by atoms with Crippen molar-refractivity contribution < 1.29 is 32.7 Å². The Morgan fingerprint density at radius 2 is 1.86 bits per heavy atom. The average Bonchev–Trinajstić information content (AvgIpc) is 2.55. The summed E-state index contributed by atoms with van der Waals surface area (Å²) in [6.45, 7) is 2.21. The summed E-state index contributed by atoms with van der Waals surface area (Å²) in [4.78, 5) is 0. The molecule has 22 heavy (non-hydrogen) atoms. The van der Waals surface area contributed by atoms with E-state index in [1.807, 2.05) is 30.3 Å². The van der Waals surface area contributed by atoms with E-state index in [0.717, 1.165) is 18.4 Å². The van der Waals surface area contributed by atoms with Crippen LogP contribution in [0.2, 0.25) is 0 Å². The normalized spacial score (nSPS) is 10.8. The van der Waals surface area contributed by atoms with Gasteiger partial charge < -0.3 is 17.7 Å². The Kier molecular flexibility index (Phi) is 6.55. The fourth-order valence-corrected chi connectivity index (χ4v) is 2.63. The fraction of sp³-hybridized carbons (Fsp3) is 0.143. The number of fused-ring (bicyclic) bond motifs is 1. The Labute approximate surface area is 158 Å². The molecule has 0 N–H and O–H groups in total. The second kappa shape index (κ2) is 8.41. The van der Waals surface area contributed by atoms with Crippen LogP contribution in [0, 0.1) is 12.1 Å². The van der Waals surface area contributed by atoms with Gasteiger partial charge in [0.1, 0.15) is 0 Å². The Morgan fingerprint density at radius 1 is 1.05 bits per heavy atom. The first-order valence-electron chi connectivity index (χ1n) is 7.40. The zero-order valence-corrected chi connectivity index (χ0v) is 15.7. The summed E-state index contributed by atoms with van der Waals surface area (Å²) in [5.74, 6) is 0. The minimum Gasteiger partial charge on any atom is -0.322 e. The van der Waals surface area contributed by atoms with Crippen molar-refractivity contribution >= 4 is 16.8 Å². The molecule has 0 fully saturated rings. The van der Waals surface area contributed by atoms with Gasteiger partial charge in [0.2, 0.25) is 0 Å². The van der Waals surface area contributed by atoms with Crippen molar-refractivity contribution in [1.82, 2.24) is 0 Å². The largest absolute Gasteiger partial charge is 0.322 e. The van der Waals surface area contributed by atoms with Crippen molar-refractivity contribution in [2.45, 2.75) is 19.8 Å². The SMILES string of the molecule is CCc1cc(C[C-]=Cc2[c-]cccc2)cc2ccccc12.[Y]. The first-order valence-corrected chi connectivity index (χ1v) is 7.40. The van der Waals surface area contributed by atoms with Crippen LogP contribution in [0.4, 0.5) is 0 Å². The summed E-state index contributed by atoms with van der Waals surface area (Å²) in [6.07, 6.45) is 7.29. The number of rotatable bonds is 4. The van der Waals surface area contributed by atoms with Crippen molar-refractivity contribution in [3.05, 3.63) is 89.5 Å². The van der Waals surface area contributed by atoms with Crippen molar-refractivity contribution in [2.24, 2.45) is 0 Å². The predicted molar refractivity (Wildman–Crippen MR) is 90.0 cm³/mol. The van der Waals surface area contributed by atoms with Gasteiger partial charge in [-0.3, -0.25) is 0 Å². The molecule has 0 spiro atoms. The van der Waals surface area contributed by atoms with E-state index in [1.54, 1.807) is 0 Å². The quantitative estimate of drug-likeness (QED) is 0.558. The molecule has 0 saturated heterocycles. The maximum atomic E-state index is 3.38. The molecule has 0 aromatic heterocycles. The number of benzene rings is 3. The summed E-state index contributed by atoms with van der Waals surface area (Å²) in [7, 11) is 0. The third-order valence-corrected chi connectivity index (χ3v) is 3.69. The van der Waals surface area contributed by atoms with Crippen LogP contribution in [0.5, 0.6) is 0 Å². The van der Waals surface area contributed by atoms with Gasteiger partial charge in [-0.2, -0.15) is 12.1 Å². The third-order valence-electron chi connectivity index (χ3n) is 3.69. The van der Waals surface area contributed by atoms with Gasteiger partial charge >= 0.3 is 0 Å². The molecule has 107 valence electrons. The molecule has 0 atom stereocenters. The van der Waals surface area contributed by atoms with Crippen LogP contribution in [0.25, 0.3) is 16.8 Å². The molecule has 0 aliphatic carbocycles. The fourth-order valence-electron chi connectivity index (χ4n) is 2.63. The second-order valence-electron chi connectivity index (χ2n) is 5.17. The molecule has 0 bridgehead atoms. The van der Waals surface area contributed by atoms with E-state index < -0.39 is 0 Å². The molecule has 3 rings (SSSR count). The van der Waals surface area contributed by atoms with E-state index in [0.29, 0.717) is 0 Å². The molecule has 0 unspecified atom stereocenters. The predicted octanol–water partition coefficient (Wildman–Crippen LogP) is 5.26. The number of hydrogen-bond donors (Lipinski definition) is 0. The van der Waals surface area contributed by atoms with Crippen LogP contribution in [-0.2, 0) is 45.6 Å². The smallest absolute Gasteiger partial charge is 0 e. The maximum absolute atomic E-state index is 3.38. The third kappa shape index (κ3) is 4.15. The Hall–Kier alpha value is -1.24. The van der Waals surface area contributed by atoms with E-state index in [4.69, 9.17) is 0 Å². The summed E-state index contributed by atoms with van der Waals surface area (Å²) in [6, 6.07) is 24.3. The van der Waals surface area contributed by atoms with E-state index >= 15 is 0 Å². The van der Waals surface area contributed by atoms with Crippen LogP contribution < -0.4 is 0 Å². The molecule has 0 aliphatic rings. The van der Waals surface area contributed by atoms with Crippen molar-refractivity contribution in [1.29, 1.82) is 0 Å². The van der Waals surface area contributed by atoms with E-state index in [-0.39, 0.29) is 32.7 Å². The molecule has 0 aliphatic heterocycles. The summed E-state index contributed by atoms with van der Waals surface area (Å²) < 4.78 is 0. The summed E-state index contributed by atoms with van der Waals surface area (Å²) in [5.41, 5.74) is 3.81. The van der Waals surface area contributed by atoms with Crippen molar-refractivity contribution in [2.75, 3.05) is 0 Å². The maximum Gasteiger partial charge on any atom is 0 e. The molecule has 3 aromatic carbocycles. The van der Waals surface area contributed by atoms with E-state index in [9.17, 15) is 0 Å². The van der Waals surface area contributed by atoms with Gasteiger partial charge in [-0.15, -0.1) is 6.07 Å². The van der Waals surface area contributed by atoms with E-state index in [2.05, 4.69) is 55.5 Å². The van der Waals surface area contributed by atoms with Gasteiger partial charge in [0.05, 0.1) is 0 Å². The van der Waals surface area contributed by atoms with Crippen LogP contribution in [0.15, 0.2) is 60.7 Å². The van der Waals surface area contributed by atoms with Gasteiger partial charge in [-0.05, 0) is 22.8 Å². The zero-order valence-electron chi connectivity index (χ0n) is 12.8. The first kappa shape index (κ1) is 17.1. The molecule has 3 aromatic rings. The summed E-state index contributed by atoms with van der Waals surface area (Å²) >= 11 is 0. The van der Waals surface area contributed by atoms with Crippen molar-refractivity contribution in [3.63, 3.8) is 0 Å². The minimum absolute atomic E-state index is 0. The molecular weight excluding hydrogens is 341 g/mol. The van der Waals surface area contributed by atoms with Gasteiger partial charge in [0, 0.05) is 32.7 Å². The average molecular weight is 359 g/mol. The Morgan fingerprint density at radius 3 is 2.64 bits per heavy atom. The molecular formula is C21H18Y-2. The zero-order chi connectivity index (χ0) is 14.5. The second-order valence-corrected chi connectivity index (χ2v) is 5.17. The van der Waals surface area contributed by atoms with Gasteiger partial charge in [0.15, 0.2) is 0 Å². The van der Waals surface area contributed by atoms with Gasteiger partial charge in [0.25, 0.3) is 0 Å². The Bertz CT molecular complexity index is 757. The first-order chi connectivity index (χ1) is 10.4. The Balaban J connectivity index is 0.00000176. The van der Waals surface area contributed by atoms with Gasteiger partial charge in [-0.25, -0.2) is 12.1 Å². The monoisotopic (exact) mass is 359 g/mol. The standard InChI is InChI=1S/C21H18.Y/c1-2-19-15-18(16-20-13-6-7-14-21(19)20)12-8-11-17-9-4-3-5-10-17;/h3-7,9,11,13-16H,2,12H2,1H3;/q-2;. The van der Waals surface area contributed by atoms with Crippen LogP contribution in [-0.4, -0.2) is 0 Å². The summed E-state index contributed by atoms with van der Waals surface area (Å²) in [5, 5.41) is 2.68. The van der Waals surface area contributed by atoms with Crippen LogP contribution >= 0.6 is 0 Å². The number of hydrogen-bond acceptors (Lipinski definition) is 0. The van der Waals surface area contributed by atoms with Crippen LogP contribution in [0.1, 0.15) is 23.6 Å². The number of allylic oxidation sites excluding steroid dienone is 1. The molecule has 1 radical (unpaired) electrons. The molecule has 1 heteroatoms. The van der Waals surface area contributed by atoms with Crippen LogP contribution in [0.3, 0.4) is 0 Å². The van der Waals surface area contributed by atoms with Crippen molar-refractivity contribution in [3.8, 4) is 0 Å². The molecule has 0 amide bonds. The van der Waals surface area contributed by atoms with E-state index in [1.165, 1.54) is 21.9 Å². The molecule has 0 saturated carbocycles. The minimum atomic E-state index is 0. The molecule has 0 nitrogen and oxygen atoms in total.